The van der Waals surface area contributed by atoms with Crippen LogP contribution in [0.2, 0.25) is 0 Å². The number of nitrogens with two attached hydrogens (primary N) is 1. The van der Waals surface area contributed by atoms with Gasteiger partial charge in [0.1, 0.15) is 11.6 Å². The van der Waals surface area contributed by atoms with E-state index in [9.17, 15) is 0 Å². The van der Waals surface area contributed by atoms with E-state index in [0.29, 0.717) is 17.3 Å². The van der Waals surface area contributed by atoms with E-state index >= 15 is 0 Å². The molecule has 0 spiro atoms. The average Bonchev–Trinajstić information content (AvgIpc) is 2.02. The molecule has 2 heterocycles. The standard InChI is InChI=1S/C9H10N4/c1-5-3-4-11-9-7(5)8(10)12-6(2)13-9/h3-4H,1-2H3,(H2,10,11,12,13). The molecular formula is C9H10N4. The first kappa shape index (κ1) is 7.91. The average molecular weight is 174 g/mol. The van der Waals surface area contributed by atoms with E-state index < -0.39 is 0 Å². The fraction of sp³-hybridized carbons (Fsp3) is 0.222. The van der Waals surface area contributed by atoms with Gasteiger partial charge in [-0.2, -0.15) is 0 Å². The molecule has 66 valence electrons. The lowest BCUT2D eigenvalue weighted by Gasteiger charge is -2.03. The number of nitrogen functional groups attached to an aromatic ring is 1. The molecule has 0 atom stereocenters. The number of rotatable bonds is 0. The van der Waals surface area contributed by atoms with E-state index in [0.717, 1.165) is 10.9 Å². The Kier molecular flexibility index (Phi) is 1.62. The molecule has 0 aromatic carbocycles. The minimum absolute atomic E-state index is 0.508. The van der Waals surface area contributed by atoms with Gasteiger partial charge in [-0.3, -0.25) is 0 Å². The first-order chi connectivity index (χ1) is 6.18. The van der Waals surface area contributed by atoms with Crippen LogP contribution in [-0.4, -0.2) is 15.0 Å². The molecule has 0 amide bonds. The van der Waals surface area contributed by atoms with Crippen LogP contribution in [0, 0.1) is 13.8 Å². The molecule has 0 saturated heterocycles. The summed E-state index contributed by atoms with van der Waals surface area (Å²) in [5.41, 5.74) is 7.50. The fourth-order valence-electron chi connectivity index (χ4n) is 1.35. The van der Waals surface area contributed by atoms with Crippen molar-refractivity contribution in [2.24, 2.45) is 0 Å². The molecule has 4 heteroatoms. The molecule has 2 rings (SSSR count). The number of aryl methyl sites for hydroxylation is 2. The van der Waals surface area contributed by atoms with E-state index in [1.165, 1.54) is 0 Å². The predicted octanol–water partition coefficient (Wildman–Crippen LogP) is 1.22. The van der Waals surface area contributed by atoms with Gasteiger partial charge in [0, 0.05) is 6.20 Å². The van der Waals surface area contributed by atoms with Crippen molar-refractivity contribution in [3.63, 3.8) is 0 Å². The molecular weight excluding hydrogens is 164 g/mol. The van der Waals surface area contributed by atoms with Crippen LogP contribution in [0.15, 0.2) is 12.3 Å². The van der Waals surface area contributed by atoms with Gasteiger partial charge in [-0.15, -0.1) is 0 Å². The van der Waals surface area contributed by atoms with E-state index in [1.54, 1.807) is 13.1 Å². The van der Waals surface area contributed by atoms with Gasteiger partial charge in [0.25, 0.3) is 0 Å². The van der Waals surface area contributed by atoms with Gasteiger partial charge < -0.3 is 5.73 Å². The van der Waals surface area contributed by atoms with Gasteiger partial charge in [0.05, 0.1) is 5.39 Å². The van der Waals surface area contributed by atoms with E-state index in [-0.39, 0.29) is 0 Å². The molecule has 13 heavy (non-hydrogen) atoms. The summed E-state index contributed by atoms with van der Waals surface area (Å²) in [6, 6.07) is 1.90. The van der Waals surface area contributed by atoms with Gasteiger partial charge >= 0.3 is 0 Å². The van der Waals surface area contributed by atoms with E-state index in [2.05, 4.69) is 15.0 Å². The van der Waals surface area contributed by atoms with Crippen LogP contribution < -0.4 is 5.73 Å². The second-order valence-corrected chi connectivity index (χ2v) is 2.98. The third-order valence-electron chi connectivity index (χ3n) is 1.95. The third-order valence-corrected chi connectivity index (χ3v) is 1.95. The summed E-state index contributed by atoms with van der Waals surface area (Å²) < 4.78 is 0. The fourth-order valence-corrected chi connectivity index (χ4v) is 1.35. The van der Waals surface area contributed by atoms with Crippen LogP contribution in [0.1, 0.15) is 11.4 Å². The van der Waals surface area contributed by atoms with Gasteiger partial charge in [-0.25, -0.2) is 15.0 Å². The van der Waals surface area contributed by atoms with Crippen molar-refractivity contribution >= 4 is 16.9 Å². The molecule has 2 N–H and O–H groups in total. The van der Waals surface area contributed by atoms with Crippen LogP contribution in [0.5, 0.6) is 0 Å². The third kappa shape index (κ3) is 1.20. The van der Waals surface area contributed by atoms with Crippen molar-refractivity contribution in [3.05, 3.63) is 23.7 Å². The summed E-state index contributed by atoms with van der Waals surface area (Å²) >= 11 is 0. The van der Waals surface area contributed by atoms with Gasteiger partial charge in [0.2, 0.25) is 0 Å². The highest BCUT2D eigenvalue weighted by Crippen LogP contribution is 2.18. The minimum Gasteiger partial charge on any atom is -0.383 e. The summed E-state index contributed by atoms with van der Waals surface area (Å²) in [6.07, 6.45) is 1.73. The quantitative estimate of drug-likeness (QED) is 0.652. The molecule has 0 bridgehead atoms. The molecule has 0 unspecified atom stereocenters. The maximum atomic E-state index is 5.77. The molecule has 2 aromatic rings. The minimum atomic E-state index is 0.508. The van der Waals surface area contributed by atoms with E-state index in [4.69, 9.17) is 5.73 Å². The van der Waals surface area contributed by atoms with Gasteiger partial charge in [0.15, 0.2) is 5.65 Å². The summed E-state index contributed by atoms with van der Waals surface area (Å²) in [4.78, 5) is 12.4. The normalized spacial score (nSPS) is 10.6. The van der Waals surface area contributed by atoms with Crippen molar-refractivity contribution in [1.29, 1.82) is 0 Å². The zero-order valence-electron chi connectivity index (χ0n) is 7.57. The number of nitrogens with zero attached hydrogens (tertiary/aromatic N) is 3. The van der Waals surface area contributed by atoms with Crippen LogP contribution in [0.25, 0.3) is 11.0 Å². The highest BCUT2D eigenvalue weighted by Gasteiger charge is 2.05. The number of pyridine rings is 1. The lowest BCUT2D eigenvalue weighted by atomic mass is 10.2. The number of hydrogen-bond acceptors (Lipinski definition) is 4. The van der Waals surface area contributed by atoms with Crippen molar-refractivity contribution < 1.29 is 0 Å². The molecule has 0 aliphatic rings. The molecule has 0 aliphatic heterocycles. The van der Waals surface area contributed by atoms with Crippen LogP contribution >= 0.6 is 0 Å². The van der Waals surface area contributed by atoms with Crippen LogP contribution in [0.3, 0.4) is 0 Å². The summed E-state index contributed by atoms with van der Waals surface area (Å²) in [6.45, 7) is 3.78. The lowest BCUT2D eigenvalue weighted by Crippen LogP contribution is -1.99. The number of aromatic nitrogens is 3. The predicted molar refractivity (Wildman–Crippen MR) is 51.2 cm³/mol. The van der Waals surface area contributed by atoms with Crippen molar-refractivity contribution in [2.75, 3.05) is 5.73 Å². The maximum absolute atomic E-state index is 5.77. The number of fused-ring (bicyclic) bond motifs is 1. The Morgan fingerprint density at radius 2 is 2.00 bits per heavy atom. The summed E-state index contributed by atoms with van der Waals surface area (Å²) in [5.74, 6) is 1.16. The van der Waals surface area contributed by atoms with E-state index in [1.807, 2.05) is 13.0 Å². The Bertz CT molecular complexity index is 464. The topological polar surface area (TPSA) is 64.7 Å². The molecule has 2 aromatic heterocycles. The van der Waals surface area contributed by atoms with Gasteiger partial charge in [-0.05, 0) is 25.5 Å². The largest absolute Gasteiger partial charge is 0.383 e. The Balaban J connectivity index is 2.94. The molecule has 0 saturated carbocycles. The Labute approximate surface area is 75.8 Å². The Morgan fingerprint density at radius 3 is 2.77 bits per heavy atom. The monoisotopic (exact) mass is 174 g/mol. The van der Waals surface area contributed by atoms with Crippen molar-refractivity contribution in [2.45, 2.75) is 13.8 Å². The number of hydrogen-bond donors (Lipinski definition) is 1. The first-order valence-electron chi connectivity index (χ1n) is 4.04. The van der Waals surface area contributed by atoms with Crippen LogP contribution in [-0.2, 0) is 0 Å². The summed E-state index contributed by atoms with van der Waals surface area (Å²) in [5, 5.41) is 0.855. The molecule has 0 aliphatic carbocycles. The first-order valence-corrected chi connectivity index (χ1v) is 4.04. The second-order valence-electron chi connectivity index (χ2n) is 2.98. The zero-order chi connectivity index (χ0) is 9.42. The maximum Gasteiger partial charge on any atom is 0.165 e. The highest BCUT2D eigenvalue weighted by atomic mass is 15.0. The smallest absolute Gasteiger partial charge is 0.165 e. The van der Waals surface area contributed by atoms with Gasteiger partial charge in [-0.1, -0.05) is 0 Å². The van der Waals surface area contributed by atoms with Crippen molar-refractivity contribution in [1.82, 2.24) is 15.0 Å². The Hall–Kier alpha value is -1.71. The Morgan fingerprint density at radius 1 is 1.23 bits per heavy atom. The SMILES string of the molecule is Cc1nc(N)c2c(C)ccnc2n1. The second kappa shape index (κ2) is 2.65. The molecule has 0 radical (unpaired) electrons. The lowest BCUT2D eigenvalue weighted by molar-refractivity contribution is 1.08. The highest BCUT2D eigenvalue weighted by molar-refractivity contribution is 5.88. The summed E-state index contributed by atoms with van der Waals surface area (Å²) in [7, 11) is 0. The van der Waals surface area contributed by atoms with Crippen LogP contribution in [0.4, 0.5) is 5.82 Å². The van der Waals surface area contributed by atoms with Crippen molar-refractivity contribution in [3.8, 4) is 0 Å². The zero-order valence-corrected chi connectivity index (χ0v) is 7.57. The number of anilines is 1. The molecule has 0 fully saturated rings. The molecule has 4 nitrogen and oxygen atoms in total.